The zero-order valence-corrected chi connectivity index (χ0v) is 22.6. The van der Waals surface area contributed by atoms with Crippen molar-refractivity contribution in [1.29, 1.82) is 0 Å². The highest BCUT2D eigenvalue weighted by Gasteiger charge is 2.34. The first-order valence-electron chi connectivity index (χ1n) is 13.9. The molecule has 1 rings (SSSR count). The summed E-state index contributed by atoms with van der Waals surface area (Å²) in [5.74, 6) is 0. The number of rotatable bonds is 21. The van der Waals surface area contributed by atoms with E-state index in [0.29, 0.717) is 6.61 Å². The lowest BCUT2D eigenvalue weighted by atomic mass is 10.0. The lowest BCUT2D eigenvalue weighted by Gasteiger charge is -2.40. The Hall–Kier alpha value is 0.0700. The third kappa shape index (κ3) is 15.8. The average Bonchev–Trinajstić information content (AvgIpc) is 2.76. The second-order valence-corrected chi connectivity index (χ2v) is 11.8. The molecule has 0 aromatic heterocycles. The number of likely N-dealkylation sites (tertiary alicyclic amines) is 1. The highest BCUT2D eigenvalue weighted by Crippen LogP contribution is 2.46. The molecule has 1 unspecified atom stereocenters. The van der Waals surface area contributed by atoms with Crippen LogP contribution in [0.15, 0.2) is 0 Å². The molecule has 1 saturated heterocycles. The molecule has 6 heteroatoms. The molecule has 0 aliphatic carbocycles. The van der Waals surface area contributed by atoms with Gasteiger partial charge in [0.25, 0.3) is 0 Å². The zero-order valence-electron chi connectivity index (χ0n) is 21.7. The molecule has 0 saturated carbocycles. The first kappa shape index (κ1) is 30.1. The minimum absolute atomic E-state index is 0.144. The lowest BCUT2D eigenvalue weighted by molar-refractivity contribution is -0.915. The van der Waals surface area contributed by atoms with E-state index in [-0.39, 0.29) is 6.10 Å². The van der Waals surface area contributed by atoms with Gasteiger partial charge >= 0.3 is 7.82 Å². The third-order valence-corrected chi connectivity index (χ3v) is 8.14. The summed E-state index contributed by atoms with van der Waals surface area (Å²) in [6.07, 6.45) is 22.1. The van der Waals surface area contributed by atoms with Gasteiger partial charge in [-0.15, -0.1) is 0 Å². The maximum absolute atomic E-state index is 12.3. The number of unbranched alkanes of at least 4 members (excludes halogenated alkanes) is 14. The molecule has 1 aliphatic rings. The summed E-state index contributed by atoms with van der Waals surface area (Å²) in [4.78, 5) is 10.0. The number of hydrogen-bond acceptors (Lipinski definition) is 3. The van der Waals surface area contributed by atoms with Gasteiger partial charge in [-0.25, -0.2) is 4.57 Å². The van der Waals surface area contributed by atoms with Crippen molar-refractivity contribution in [2.45, 2.75) is 136 Å². The second-order valence-electron chi connectivity index (χ2n) is 10.3. The Morgan fingerprint density at radius 2 is 1.19 bits per heavy atom. The highest BCUT2D eigenvalue weighted by molar-refractivity contribution is 7.47. The molecule has 0 bridgehead atoms. The summed E-state index contributed by atoms with van der Waals surface area (Å²) in [6, 6.07) is 0. The topological polar surface area (TPSA) is 55.8 Å². The Balaban J connectivity index is 2.06. The van der Waals surface area contributed by atoms with Crippen molar-refractivity contribution < 1.29 is 23.0 Å². The van der Waals surface area contributed by atoms with Crippen LogP contribution in [0.4, 0.5) is 0 Å². The molecule has 1 heterocycles. The van der Waals surface area contributed by atoms with Crippen molar-refractivity contribution in [3.63, 3.8) is 0 Å². The molecule has 0 aromatic rings. The van der Waals surface area contributed by atoms with Gasteiger partial charge in [-0.3, -0.25) is 9.05 Å². The van der Waals surface area contributed by atoms with Crippen molar-refractivity contribution in [2.75, 3.05) is 33.3 Å². The molecular formula is C26H55NO4P+. The van der Waals surface area contributed by atoms with Crippen LogP contribution in [0, 0.1) is 0 Å². The van der Waals surface area contributed by atoms with Crippen LogP contribution in [-0.2, 0) is 13.6 Å². The molecule has 0 aromatic carbocycles. The Morgan fingerprint density at radius 1 is 0.750 bits per heavy atom. The smallest absolute Gasteiger partial charge is 0.326 e. The molecule has 0 spiro atoms. The highest BCUT2D eigenvalue weighted by atomic mass is 31.2. The van der Waals surface area contributed by atoms with Crippen molar-refractivity contribution in [2.24, 2.45) is 0 Å². The van der Waals surface area contributed by atoms with Gasteiger partial charge in [0.15, 0.2) is 0 Å². The number of hydrogen-bond donors (Lipinski definition) is 1. The van der Waals surface area contributed by atoms with E-state index >= 15 is 0 Å². The van der Waals surface area contributed by atoms with Crippen LogP contribution in [-0.4, -0.2) is 48.8 Å². The van der Waals surface area contributed by atoms with Crippen molar-refractivity contribution in [3.8, 4) is 0 Å². The van der Waals surface area contributed by atoms with Crippen molar-refractivity contribution in [3.05, 3.63) is 0 Å². The lowest BCUT2D eigenvalue weighted by Crippen LogP contribution is -2.51. The van der Waals surface area contributed by atoms with Gasteiger partial charge < -0.3 is 9.38 Å². The van der Waals surface area contributed by atoms with Gasteiger partial charge in [-0.05, 0) is 19.3 Å². The Morgan fingerprint density at radius 3 is 1.69 bits per heavy atom. The van der Waals surface area contributed by atoms with Crippen LogP contribution in [0.2, 0.25) is 0 Å². The standard InChI is InChI=1S/C26H54NO4P/c1-4-6-8-10-12-13-14-15-16-18-22-27(3)23-20-26(21-24-27)31-32(28,29)30-25-19-17-11-9-7-5-2/h26H,4-25H2,1-3H3/p+1. The summed E-state index contributed by atoms with van der Waals surface area (Å²) < 4.78 is 24.0. The van der Waals surface area contributed by atoms with Crippen LogP contribution in [0.25, 0.3) is 0 Å². The molecule has 1 atom stereocenters. The maximum atomic E-state index is 12.3. The van der Waals surface area contributed by atoms with Crippen LogP contribution in [0.1, 0.15) is 129 Å². The molecule has 5 nitrogen and oxygen atoms in total. The van der Waals surface area contributed by atoms with E-state index in [0.717, 1.165) is 43.3 Å². The third-order valence-electron chi connectivity index (χ3n) is 7.07. The Bertz CT molecular complexity index is 480. The van der Waals surface area contributed by atoms with Gasteiger partial charge in [0.05, 0.1) is 39.4 Å². The minimum atomic E-state index is -3.92. The van der Waals surface area contributed by atoms with Gasteiger partial charge in [-0.1, -0.05) is 97.3 Å². The molecule has 192 valence electrons. The monoisotopic (exact) mass is 476 g/mol. The normalized spacial score (nSPS) is 23.3. The summed E-state index contributed by atoms with van der Waals surface area (Å²) in [5.41, 5.74) is 0. The fraction of sp³-hybridized carbons (Fsp3) is 1.00. The summed E-state index contributed by atoms with van der Waals surface area (Å²) >= 11 is 0. The minimum Gasteiger partial charge on any atom is -0.326 e. The van der Waals surface area contributed by atoms with Crippen LogP contribution in [0.3, 0.4) is 0 Å². The molecule has 0 radical (unpaired) electrons. The molecular weight excluding hydrogens is 421 g/mol. The van der Waals surface area contributed by atoms with Gasteiger partial charge in [0, 0.05) is 12.8 Å². The van der Waals surface area contributed by atoms with E-state index in [1.807, 2.05) is 0 Å². The molecule has 1 aliphatic heterocycles. The van der Waals surface area contributed by atoms with Crippen LogP contribution >= 0.6 is 7.82 Å². The maximum Gasteiger partial charge on any atom is 0.472 e. The van der Waals surface area contributed by atoms with E-state index in [9.17, 15) is 9.46 Å². The van der Waals surface area contributed by atoms with E-state index < -0.39 is 7.82 Å². The first-order valence-corrected chi connectivity index (χ1v) is 15.4. The van der Waals surface area contributed by atoms with E-state index in [2.05, 4.69) is 20.9 Å². The largest absolute Gasteiger partial charge is 0.472 e. The zero-order chi connectivity index (χ0) is 23.5. The quantitative estimate of drug-likeness (QED) is 0.104. The predicted molar refractivity (Wildman–Crippen MR) is 136 cm³/mol. The summed E-state index contributed by atoms with van der Waals surface area (Å²) in [5, 5.41) is 0. The SMILES string of the molecule is CCCCCCCCCCCC[N+]1(C)CCC(OP(=O)(O)OCCCCCCCC)CC1. The summed E-state index contributed by atoms with van der Waals surface area (Å²) in [6.45, 7) is 8.07. The van der Waals surface area contributed by atoms with Crippen molar-refractivity contribution >= 4 is 7.82 Å². The number of quaternary nitrogens is 1. The number of phosphoric ester groups is 1. The van der Waals surface area contributed by atoms with E-state index in [4.69, 9.17) is 9.05 Å². The Kier molecular flexibility index (Phi) is 17.3. The molecule has 1 N–H and O–H groups in total. The van der Waals surface area contributed by atoms with Crippen LogP contribution < -0.4 is 0 Å². The van der Waals surface area contributed by atoms with Gasteiger partial charge in [-0.2, -0.15) is 0 Å². The van der Waals surface area contributed by atoms with E-state index in [1.165, 1.54) is 96.4 Å². The Labute approximate surface area is 199 Å². The van der Waals surface area contributed by atoms with E-state index in [1.54, 1.807) is 0 Å². The van der Waals surface area contributed by atoms with Crippen LogP contribution in [0.5, 0.6) is 0 Å². The number of piperidine rings is 1. The van der Waals surface area contributed by atoms with Gasteiger partial charge in [0.1, 0.15) is 0 Å². The number of nitrogens with zero attached hydrogens (tertiary/aromatic N) is 1. The molecule has 32 heavy (non-hydrogen) atoms. The summed E-state index contributed by atoms with van der Waals surface area (Å²) in [7, 11) is -1.59. The predicted octanol–water partition coefficient (Wildman–Crippen LogP) is 8.01. The fourth-order valence-electron chi connectivity index (χ4n) is 4.76. The average molecular weight is 477 g/mol. The fourth-order valence-corrected chi connectivity index (χ4v) is 5.77. The molecule has 1 fully saturated rings. The van der Waals surface area contributed by atoms with Crippen molar-refractivity contribution in [1.82, 2.24) is 0 Å². The number of phosphoric acid groups is 1. The van der Waals surface area contributed by atoms with Gasteiger partial charge in [0.2, 0.25) is 0 Å². The molecule has 0 amide bonds. The second kappa shape index (κ2) is 18.4. The first-order chi connectivity index (χ1) is 15.4.